The van der Waals surface area contributed by atoms with Crippen molar-refractivity contribution in [2.45, 2.75) is 30.7 Å². The highest BCUT2D eigenvalue weighted by Crippen LogP contribution is 2.24. The number of nitrogens with one attached hydrogen (secondary N) is 1. The maximum absolute atomic E-state index is 12.2. The smallest absolute Gasteiger partial charge is 0.340 e. The Kier molecular flexibility index (Phi) is 4.43. The number of aromatic hydroxyl groups is 1. The summed E-state index contributed by atoms with van der Waals surface area (Å²) in [5.74, 6) is -0.664. The van der Waals surface area contributed by atoms with Gasteiger partial charge in [0, 0.05) is 23.2 Å². The summed E-state index contributed by atoms with van der Waals surface area (Å²) in [6, 6.07) is 4.43. The lowest BCUT2D eigenvalue weighted by Gasteiger charge is -2.37. The maximum atomic E-state index is 12.2. The Labute approximate surface area is 135 Å². The van der Waals surface area contributed by atoms with Gasteiger partial charge in [-0.2, -0.15) is 0 Å². The van der Waals surface area contributed by atoms with E-state index < -0.39 is 43.3 Å². The highest BCUT2D eigenvalue weighted by Gasteiger charge is 2.43. The summed E-state index contributed by atoms with van der Waals surface area (Å²) in [5, 5.41) is 48.2. The summed E-state index contributed by atoms with van der Waals surface area (Å²) >= 11 is 0. The maximum Gasteiger partial charge on any atom is 0.340 e. The van der Waals surface area contributed by atoms with Gasteiger partial charge in [0.05, 0.1) is 5.56 Å². The molecule has 0 amide bonds. The molecule has 0 radical (unpaired) electrons. The number of phenols is 1. The summed E-state index contributed by atoms with van der Waals surface area (Å²) in [7, 11) is 0. The molecule has 9 heteroatoms. The lowest BCUT2D eigenvalue weighted by Crippen LogP contribution is -2.58. The van der Waals surface area contributed by atoms with E-state index in [4.69, 9.17) is 9.47 Å². The van der Waals surface area contributed by atoms with Crippen LogP contribution in [0.5, 0.6) is 5.75 Å². The van der Waals surface area contributed by atoms with E-state index in [-0.39, 0.29) is 11.3 Å². The van der Waals surface area contributed by atoms with E-state index >= 15 is 0 Å². The number of hydrogen-bond acceptors (Lipinski definition) is 8. The number of aromatic amines is 1. The molecule has 1 fully saturated rings. The van der Waals surface area contributed by atoms with Crippen molar-refractivity contribution in [3.8, 4) is 5.75 Å². The molecule has 24 heavy (non-hydrogen) atoms. The Morgan fingerprint density at radius 2 is 1.92 bits per heavy atom. The van der Waals surface area contributed by atoms with Crippen LogP contribution in [0.3, 0.4) is 0 Å². The Hall–Kier alpha value is -2.17. The van der Waals surface area contributed by atoms with E-state index in [1.165, 1.54) is 18.3 Å². The molecule has 0 spiro atoms. The molecule has 1 aromatic carbocycles. The Bertz CT molecular complexity index is 744. The zero-order chi connectivity index (χ0) is 17.4. The Balaban J connectivity index is 1.69. The van der Waals surface area contributed by atoms with E-state index in [0.717, 1.165) is 0 Å². The average molecular weight is 339 g/mol. The first-order valence-electron chi connectivity index (χ1n) is 7.23. The number of aliphatic hydroxyl groups is 4. The molecule has 2 aromatic rings. The molecule has 0 unspecified atom stereocenters. The van der Waals surface area contributed by atoms with Gasteiger partial charge in [-0.05, 0) is 12.1 Å². The number of ether oxygens (including phenoxy) is 2. The zero-order valence-electron chi connectivity index (χ0n) is 12.4. The largest absolute Gasteiger partial charge is 0.508 e. The first-order chi connectivity index (χ1) is 11.4. The third-order valence-corrected chi connectivity index (χ3v) is 3.95. The van der Waals surface area contributed by atoms with Gasteiger partial charge in [0.25, 0.3) is 0 Å². The van der Waals surface area contributed by atoms with E-state index in [1.54, 1.807) is 6.07 Å². The van der Waals surface area contributed by atoms with Crippen LogP contribution in [0.25, 0.3) is 10.9 Å². The molecule has 0 aliphatic carbocycles. The molecule has 1 aliphatic heterocycles. The number of esters is 1. The molecule has 0 saturated carbocycles. The van der Waals surface area contributed by atoms with Crippen LogP contribution in [0.1, 0.15) is 10.4 Å². The Morgan fingerprint density at radius 3 is 2.67 bits per heavy atom. The molecule has 2 heterocycles. The molecule has 1 aliphatic rings. The van der Waals surface area contributed by atoms with Gasteiger partial charge < -0.3 is 40.0 Å². The highest BCUT2D eigenvalue weighted by molar-refractivity contribution is 6.04. The second-order valence-electron chi connectivity index (χ2n) is 5.57. The van der Waals surface area contributed by atoms with E-state index in [9.17, 15) is 30.3 Å². The van der Waals surface area contributed by atoms with Gasteiger partial charge in [0.2, 0.25) is 0 Å². The first-order valence-corrected chi connectivity index (χ1v) is 7.23. The fourth-order valence-electron chi connectivity index (χ4n) is 2.59. The van der Waals surface area contributed by atoms with Crippen LogP contribution in [-0.2, 0) is 9.47 Å². The summed E-state index contributed by atoms with van der Waals surface area (Å²) < 4.78 is 9.99. The van der Waals surface area contributed by atoms with Crippen molar-refractivity contribution in [2.24, 2.45) is 0 Å². The average Bonchev–Trinajstić information content (AvgIpc) is 2.97. The standard InChI is InChI=1S/C15H17NO8/c17-6-1-2-7-8(4-16-9(7)3-6)14(21)23-5-10-11(18)12(19)13(20)15(22)24-10/h1-4,10-13,15-20,22H,5H2/t10-,11-,12+,13-,15-/m1/s1. The zero-order valence-corrected chi connectivity index (χ0v) is 12.4. The summed E-state index contributed by atoms with van der Waals surface area (Å²) in [6.07, 6.45) is -6.24. The molecule has 1 aromatic heterocycles. The van der Waals surface area contributed by atoms with Gasteiger partial charge in [-0.3, -0.25) is 0 Å². The number of carbonyl (C=O) groups excluding carboxylic acids is 1. The Morgan fingerprint density at radius 1 is 1.17 bits per heavy atom. The number of rotatable bonds is 3. The minimum atomic E-state index is -1.69. The fourth-order valence-corrected chi connectivity index (χ4v) is 2.59. The van der Waals surface area contributed by atoms with E-state index in [1.807, 2.05) is 0 Å². The van der Waals surface area contributed by atoms with Crippen LogP contribution in [0.2, 0.25) is 0 Å². The molecule has 3 rings (SSSR count). The van der Waals surface area contributed by atoms with Gasteiger partial charge in [-0.15, -0.1) is 0 Å². The molecule has 6 N–H and O–H groups in total. The lowest BCUT2D eigenvalue weighted by molar-refractivity contribution is -0.286. The van der Waals surface area contributed by atoms with Crippen LogP contribution in [-0.4, -0.2) is 73.8 Å². The third-order valence-electron chi connectivity index (χ3n) is 3.95. The number of carbonyl (C=O) groups is 1. The van der Waals surface area contributed by atoms with Crippen LogP contribution < -0.4 is 0 Å². The fraction of sp³-hybridized carbons (Fsp3) is 0.400. The molecule has 0 bridgehead atoms. The van der Waals surface area contributed by atoms with E-state index in [2.05, 4.69) is 4.98 Å². The normalized spacial score (nSPS) is 30.4. The number of phenolic OH excluding ortho intramolecular Hbond substituents is 1. The highest BCUT2D eigenvalue weighted by atomic mass is 16.6. The quantitative estimate of drug-likeness (QED) is 0.383. The van der Waals surface area contributed by atoms with Crippen molar-refractivity contribution in [1.29, 1.82) is 0 Å². The van der Waals surface area contributed by atoms with Gasteiger partial charge in [0.1, 0.15) is 36.8 Å². The lowest BCUT2D eigenvalue weighted by atomic mass is 9.99. The molecule has 130 valence electrons. The number of aromatic nitrogens is 1. The van der Waals surface area contributed by atoms with Crippen molar-refractivity contribution < 1.29 is 39.8 Å². The predicted molar refractivity (Wildman–Crippen MR) is 79.1 cm³/mol. The van der Waals surface area contributed by atoms with Gasteiger partial charge in [0.15, 0.2) is 6.29 Å². The number of hydrogen-bond donors (Lipinski definition) is 6. The van der Waals surface area contributed by atoms with Crippen LogP contribution in [0.15, 0.2) is 24.4 Å². The SMILES string of the molecule is O=C(OC[C@H]1O[C@@H](O)[C@H](O)[C@@H](O)[C@@H]1O)c1c[nH]c2cc(O)ccc12. The number of H-pyrrole nitrogens is 1. The van der Waals surface area contributed by atoms with Gasteiger partial charge >= 0.3 is 5.97 Å². The van der Waals surface area contributed by atoms with Gasteiger partial charge in [-0.1, -0.05) is 0 Å². The van der Waals surface area contributed by atoms with Crippen molar-refractivity contribution in [3.05, 3.63) is 30.0 Å². The number of benzene rings is 1. The van der Waals surface area contributed by atoms with Crippen molar-refractivity contribution in [2.75, 3.05) is 6.61 Å². The minimum absolute atomic E-state index is 0.0459. The molecule has 9 nitrogen and oxygen atoms in total. The summed E-state index contributed by atoms with van der Waals surface area (Å²) in [5.41, 5.74) is 0.765. The van der Waals surface area contributed by atoms with E-state index in [0.29, 0.717) is 10.9 Å². The third kappa shape index (κ3) is 2.95. The van der Waals surface area contributed by atoms with Crippen molar-refractivity contribution in [1.82, 2.24) is 4.98 Å². The molecule has 1 saturated heterocycles. The number of fused-ring (bicyclic) bond motifs is 1. The molecular formula is C15H17NO8. The van der Waals surface area contributed by atoms with Crippen LogP contribution in [0.4, 0.5) is 0 Å². The first kappa shape index (κ1) is 16.7. The molecule has 5 atom stereocenters. The monoisotopic (exact) mass is 339 g/mol. The van der Waals surface area contributed by atoms with Crippen molar-refractivity contribution in [3.63, 3.8) is 0 Å². The summed E-state index contributed by atoms with van der Waals surface area (Å²) in [6.45, 7) is -0.425. The minimum Gasteiger partial charge on any atom is -0.508 e. The number of aliphatic hydroxyl groups excluding tert-OH is 4. The van der Waals surface area contributed by atoms with Gasteiger partial charge in [-0.25, -0.2) is 4.79 Å². The second kappa shape index (κ2) is 6.38. The van der Waals surface area contributed by atoms with Crippen LogP contribution >= 0.6 is 0 Å². The summed E-state index contributed by atoms with van der Waals surface area (Å²) in [4.78, 5) is 15.0. The molecular weight excluding hydrogens is 322 g/mol. The topological polar surface area (TPSA) is 152 Å². The van der Waals surface area contributed by atoms with Crippen molar-refractivity contribution >= 4 is 16.9 Å². The van der Waals surface area contributed by atoms with Crippen LogP contribution in [0, 0.1) is 0 Å². The second-order valence-corrected chi connectivity index (χ2v) is 5.57. The predicted octanol–water partition coefficient (Wildman–Crippen LogP) is -1.17.